The monoisotopic (exact) mass is 195 g/mol. The van der Waals surface area contributed by atoms with Crippen molar-refractivity contribution >= 4 is 0 Å². The van der Waals surface area contributed by atoms with Gasteiger partial charge in [0.2, 0.25) is 0 Å². The molecule has 0 aromatic rings. The largest absolute Gasteiger partial charge is 0.381 e. The quantitative estimate of drug-likeness (QED) is 0.536. The van der Waals surface area contributed by atoms with Gasteiger partial charge in [-0.25, -0.2) is 0 Å². The van der Waals surface area contributed by atoms with Crippen LogP contribution in [0.2, 0.25) is 0 Å². The first-order chi connectivity index (χ1) is 6.86. The molecular formula is C12H21NO. The first kappa shape index (κ1) is 10.2. The molecule has 0 bridgehead atoms. The van der Waals surface area contributed by atoms with Crippen molar-refractivity contribution in [2.45, 2.75) is 38.6 Å². The van der Waals surface area contributed by atoms with Gasteiger partial charge < -0.3 is 10.1 Å². The van der Waals surface area contributed by atoms with Gasteiger partial charge in [-0.05, 0) is 39.2 Å². The van der Waals surface area contributed by atoms with Gasteiger partial charge in [0.05, 0.1) is 6.61 Å². The maximum atomic E-state index is 5.38. The van der Waals surface area contributed by atoms with Crippen LogP contribution in [0, 0.1) is 5.92 Å². The van der Waals surface area contributed by atoms with Crippen molar-refractivity contribution in [3.8, 4) is 0 Å². The molecule has 1 aliphatic carbocycles. The molecule has 1 heterocycles. The molecule has 0 aromatic carbocycles. The zero-order valence-electron chi connectivity index (χ0n) is 9.09. The third-order valence-electron chi connectivity index (χ3n) is 3.19. The van der Waals surface area contributed by atoms with Crippen LogP contribution in [0.3, 0.4) is 0 Å². The van der Waals surface area contributed by atoms with E-state index in [4.69, 9.17) is 4.74 Å². The fourth-order valence-corrected chi connectivity index (χ4v) is 1.94. The predicted molar refractivity (Wildman–Crippen MR) is 58.3 cm³/mol. The zero-order chi connectivity index (χ0) is 9.80. The van der Waals surface area contributed by atoms with Crippen LogP contribution in [0.25, 0.3) is 0 Å². The first-order valence-electron chi connectivity index (χ1n) is 5.84. The lowest BCUT2D eigenvalue weighted by Gasteiger charge is -2.07. The van der Waals surface area contributed by atoms with Crippen LogP contribution in [0.5, 0.6) is 0 Å². The summed E-state index contributed by atoms with van der Waals surface area (Å²) in [5.74, 6) is 0.705. The number of nitrogens with one attached hydrogen (secondary N) is 1. The van der Waals surface area contributed by atoms with Gasteiger partial charge in [-0.2, -0.15) is 0 Å². The Hall–Kier alpha value is -0.340. The van der Waals surface area contributed by atoms with Gasteiger partial charge in [0.15, 0.2) is 0 Å². The van der Waals surface area contributed by atoms with Crippen molar-refractivity contribution in [2.24, 2.45) is 5.92 Å². The Bertz CT molecular complexity index is 202. The van der Waals surface area contributed by atoms with Gasteiger partial charge >= 0.3 is 0 Å². The van der Waals surface area contributed by atoms with Gasteiger partial charge in [-0.1, -0.05) is 11.6 Å². The van der Waals surface area contributed by atoms with Crippen molar-refractivity contribution in [3.63, 3.8) is 0 Å². The predicted octanol–water partition coefficient (Wildman–Crippen LogP) is 2.11. The van der Waals surface area contributed by atoms with E-state index in [0.717, 1.165) is 25.8 Å². The van der Waals surface area contributed by atoms with E-state index in [2.05, 4.69) is 18.3 Å². The molecule has 2 nitrogen and oxygen atoms in total. The molecule has 0 spiro atoms. The molecule has 1 unspecified atom stereocenters. The standard InChI is InChI=1S/C12H21NO/c1-10(11-6-8-14-9-11)3-2-7-13-12-4-5-12/h3,11-13H,2,4-9H2,1H3. The Morgan fingerprint density at radius 3 is 2.93 bits per heavy atom. The molecule has 0 amide bonds. The molecule has 1 atom stereocenters. The van der Waals surface area contributed by atoms with Crippen LogP contribution >= 0.6 is 0 Å². The Balaban J connectivity index is 1.61. The van der Waals surface area contributed by atoms with Crippen molar-refractivity contribution < 1.29 is 4.74 Å². The molecule has 80 valence electrons. The minimum atomic E-state index is 0.705. The number of hydrogen-bond acceptors (Lipinski definition) is 2. The van der Waals surface area contributed by atoms with Crippen LogP contribution in [0.4, 0.5) is 0 Å². The molecule has 2 fully saturated rings. The Morgan fingerprint density at radius 2 is 2.29 bits per heavy atom. The number of ether oxygens (including phenoxy) is 1. The summed E-state index contributed by atoms with van der Waals surface area (Å²) in [5.41, 5.74) is 1.53. The van der Waals surface area contributed by atoms with E-state index in [1.54, 1.807) is 0 Å². The first-order valence-corrected chi connectivity index (χ1v) is 5.84. The highest BCUT2D eigenvalue weighted by Crippen LogP contribution is 2.21. The molecule has 2 heteroatoms. The van der Waals surface area contributed by atoms with E-state index in [9.17, 15) is 0 Å². The summed E-state index contributed by atoms with van der Waals surface area (Å²) in [6.45, 7) is 5.29. The van der Waals surface area contributed by atoms with E-state index < -0.39 is 0 Å². The van der Waals surface area contributed by atoms with E-state index in [-0.39, 0.29) is 0 Å². The van der Waals surface area contributed by atoms with Crippen LogP contribution in [0.15, 0.2) is 11.6 Å². The summed E-state index contributed by atoms with van der Waals surface area (Å²) in [4.78, 5) is 0. The molecular weight excluding hydrogens is 174 g/mol. The van der Waals surface area contributed by atoms with Gasteiger partial charge in [0.25, 0.3) is 0 Å². The molecule has 1 saturated heterocycles. The second-order valence-corrected chi connectivity index (χ2v) is 4.53. The van der Waals surface area contributed by atoms with Crippen LogP contribution in [0.1, 0.15) is 32.6 Å². The van der Waals surface area contributed by atoms with Crippen molar-refractivity contribution in [3.05, 3.63) is 11.6 Å². The van der Waals surface area contributed by atoms with Crippen molar-refractivity contribution in [1.29, 1.82) is 0 Å². The van der Waals surface area contributed by atoms with Gasteiger partial charge in [0, 0.05) is 18.6 Å². The van der Waals surface area contributed by atoms with E-state index >= 15 is 0 Å². The minimum absolute atomic E-state index is 0.705. The third-order valence-corrected chi connectivity index (χ3v) is 3.19. The fourth-order valence-electron chi connectivity index (χ4n) is 1.94. The van der Waals surface area contributed by atoms with Crippen LogP contribution in [-0.4, -0.2) is 25.8 Å². The summed E-state index contributed by atoms with van der Waals surface area (Å²) in [6.07, 6.45) is 7.56. The third kappa shape index (κ3) is 3.10. The molecule has 0 aromatic heterocycles. The molecule has 1 aliphatic heterocycles. The summed E-state index contributed by atoms with van der Waals surface area (Å²) in [7, 11) is 0. The molecule has 14 heavy (non-hydrogen) atoms. The maximum absolute atomic E-state index is 5.38. The van der Waals surface area contributed by atoms with E-state index in [1.165, 1.54) is 31.3 Å². The Labute approximate surface area is 86.7 Å². The maximum Gasteiger partial charge on any atom is 0.0532 e. The van der Waals surface area contributed by atoms with Gasteiger partial charge in [-0.3, -0.25) is 0 Å². The minimum Gasteiger partial charge on any atom is -0.381 e. The van der Waals surface area contributed by atoms with Crippen molar-refractivity contribution in [1.82, 2.24) is 5.32 Å². The highest BCUT2D eigenvalue weighted by atomic mass is 16.5. The van der Waals surface area contributed by atoms with Crippen LogP contribution in [-0.2, 0) is 4.74 Å². The van der Waals surface area contributed by atoms with E-state index in [0.29, 0.717) is 5.92 Å². The van der Waals surface area contributed by atoms with Gasteiger partial charge in [0.1, 0.15) is 0 Å². The lowest BCUT2D eigenvalue weighted by molar-refractivity contribution is 0.190. The number of rotatable bonds is 5. The summed E-state index contributed by atoms with van der Waals surface area (Å²) >= 11 is 0. The SMILES string of the molecule is CC(=CCCNC1CC1)C1CCOC1. The lowest BCUT2D eigenvalue weighted by Crippen LogP contribution is -2.16. The second-order valence-electron chi connectivity index (χ2n) is 4.53. The molecule has 1 saturated carbocycles. The van der Waals surface area contributed by atoms with Crippen LogP contribution < -0.4 is 5.32 Å². The van der Waals surface area contributed by atoms with Crippen molar-refractivity contribution in [2.75, 3.05) is 19.8 Å². The van der Waals surface area contributed by atoms with Gasteiger partial charge in [-0.15, -0.1) is 0 Å². The lowest BCUT2D eigenvalue weighted by atomic mass is 9.99. The Morgan fingerprint density at radius 1 is 1.43 bits per heavy atom. The molecule has 1 N–H and O–H groups in total. The summed E-state index contributed by atoms with van der Waals surface area (Å²) in [5, 5.41) is 3.53. The fraction of sp³-hybridized carbons (Fsp3) is 0.833. The van der Waals surface area contributed by atoms with E-state index in [1.807, 2.05) is 0 Å². The average molecular weight is 195 g/mol. The topological polar surface area (TPSA) is 21.3 Å². The summed E-state index contributed by atoms with van der Waals surface area (Å²) in [6, 6.07) is 0.846. The molecule has 2 rings (SSSR count). The molecule has 0 radical (unpaired) electrons. The summed E-state index contributed by atoms with van der Waals surface area (Å²) < 4.78 is 5.38. The smallest absolute Gasteiger partial charge is 0.0532 e. The zero-order valence-corrected chi connectivity index (χ0v) is 9.09. The second kappa shape index (κ2) is 4.94. The Kier molecular flexibility index (Phi) is 3.60. The normalized spacial score (nSPS) is 28.4. The number of hydrogen-bond donors (Lipinski definition) is 1. The average Bonchev–Trinajstić information content (AvgIpc) is 2.84. The highest BCUT2D eigenvalue weighted by Gasteiger charge is 2.19. The highest BCUT2D eigenvalue weighted by molar-refractivity contribution is 5.05. The molecule has 2 aliphatic rings.